The van der Waals surface area contributed by atoms with E-state index in [-0.39, 0.29) is 5.91 Å². The van der Waals surface area contributed by atoms with Crippen molar-refractivity contribution in [3.05, 3.63) is 59.1 Å². The third kappa shape index (κ3) is 3.45. The van der Waals surface area contributed by atoms with Crippen LogP contribution in [-0.2, 0) is 11.2 Å². The van der Waals surface area contributed by atoms with E-state index >= 15 is 0 Å². The van der Waals surface area contributed by atoms with Crippen LogP contribution in [0.25, 0.3) is 10.2 Å². The molecule has 1 unspecified atom stereocenters. The second-order valence-electron chi connectivity index (χ2n) is 8.02. The van der Waals surface area contributed by atoms with Crippen LogP contribution in [0.15, 0.2) is 48.5 Å². The van der Waals surface area contributed by atoms with Crippen LogP contribution in [0.4, 0.5) is 5.69 Å². The molecule has 1 amide bonds. The van der Waals surface area contributed by atoms with Crippen LogP contribution in [0.2, 0.25) is 0 Å². The van der Waals surface area contributed by atoms with E-state index in [0.717, 1.165) is 43.7 Å². The van der Waals surface area contributed by atoms with Crippen molar-refractivity contribution < 1.29 is 9.69 Å². The van der Waals surface area contributed by atoms with Gasteiger partial charge in [-0.25, -0.2) is 4.98 Å². The Bertz CT molecular complexity index is 965. The highest BCUT2D eigenvalue weighted by molar-refractivity contribution is 7.18. The van der Waals surface area contributed by atoms with Gasteiger partial charge in [0.25, 0.3) is 5.91 Å². The summed E-state index contributed by atoms with van der Waals surface area (Å²) in [5, 5.41) is 1.24. The summed E-state index contributed by atoms with van der Waals surface area (Å²) in [6.07, 6.45) is 4.49. The molecule has 0 radical (unpaired) electrons. The summed E-state index contributed by atoms with van der Waals surface area (Å²) in [4.78, 5) is 21.4. The minimum atomic E-state index is 0.270. The highest BCUT2D eigenvalue weighted by Gasteiger charge is 2.31. The molecule has 28 heavy (non-hydrogen) atoms. The maximum absolute atomic E-state index is 13.1. The summed E-state index contributed by atoms with van der Waals surface area (Å²) in [5.74, 6) is 0.745. The van der Waals surface area contributed by atoms with Gasteiger partial charge in [0.15, 0.2) is 6.54 Å². The number of nitrogens with one attached hydrogen (secondary N) is 1. The number of carbonyl (C=O) groups is 1. The van der Waals surface area contributed by atoms with Gasteiger partial charge >= 0.3 is 0 Å². The van der Waals surface area contributed by atoms with Gasteiger partial charge in [-0.15, -0.1) is 11.3 Å². The standard InChI is InChI=1S/C23H25N3OS/c27-22(26-14-6-8-17-7-1-3-11-20(17)26)16-25-13-5-9-18(15-25)23-24-19-10-2-4-12-21(19)28-23/h1-4,7,10-12,18H,5-6,8-9,13-16H2/p+1/t18-/m1/s1. The molecule has 2 atom stereocenters. The Kier molecular flexibility index (Phi) is 4.87. The Balaban J connectivity index is 1.29. The van der Waals surface area contributed by atoms with Gasteiger partial charge in [-0.3, -0.25) is 4.79 Å². The molecule has 1 N–H and O–H groups in total. The van der Waals surface area contributed by atoms with Gasteiger partial charge in [-0.2, -0.15) is 0 Å². The zero-order valence-electron chi connectivity index (χ0n) is 16.1. The molecule has 1 fully saturated rings. The molecule has 2 aliphatic heterocycles. The van der Waals surface area contributed by atoms with Crippen LogP contribution < -0.4 is 9.80 Å². The SMILES string of the molecule is O=C(C[NH+]1CCC[C@@H](c2nc3ccccc3s2)C1)N1CCCc2ccccc21. The lowest BCUT2D eigenvalue weighted by molar-refractivity contribution is -0.898. The molecule has 2 aliphatic rings. The molecule has 3 aromatic rings. The Morgan fingerprint density at radius 3 is 2.93 bits per heavy atom. The first kappa shape index (κ1) is 17.8. The van der Waals surface area contributed by atoms with Gasteiger partial charge in [0, 0.05) is 12.2 Å². The number of nitrogens with zero attached hydrogens (tertiary/aromatic N) is 2. The Morgan fingerprint density at radius 2 is 2.00 bits per heavy atom. The van der Waals surface area contributed by atoms with Crippen LogP contribution in [0.3, 0.4) is 0 Å². The molecule has 4 nitrogen and oxygen atoms in total. The number of piperidine rings is 1. The third-order valence-electron chi connectivity index (χ3n) is 6.09. The summed E-state index contributed by atoms with van der Waals surface area (Å²) in [6.45, 7) is 3.55. The summed E-state index contributed by atoms with van der Waals surface area (Å²) in [6, 6.07) is 16.8. The minimum absolute atomic E-state index is 0.270. The normalized spacial score (nSPS) is 22.2. The van der Waals surface area contributed by atoms with Crippen molar-refractivity contribution in [2.75, 3.05) is 31.1 Å². The molecule has 0 aliphatic carbocycles. The van der Waals surface area contributed by atoms with E-state index in [0.29, 0.717) is 12.5 Å². The number of rotatable bonds is 3. The molecule has 2 aromatic carbocycles. The zero-order chi connectivity index (χ0) is 18.9. The second-order valence-corrected chi connectivity index (χ2v) is 9.08. The van der Waals surface area contributed by atoms with E-state index in [4.69, 9.17) is 4.98 Å². The number of likely N-dealkylation sites (tertiary alicyclic amines) is 1. The molecular formula is C23H26N3OS+. The number of aromatic nitrogens is 1. The molecule has 144 valence electrons. The average Bonchev–Trinajstić information content (AvgIpc) is 3.18. The number of aryl methyl sites for hydroxylation is 1. The average molecular weight is 393 g/mol. The number of amides is 1. The Morgan fingerprint density at radius 1 is 1.14 bits per heavy atom. The molecule has 0 bridgehead atoms. The number of benzene rings is 2. The Hall–Kier alpha value is -2.24. The quantitative estimate of drug-likeness (QED) is 0.744. The summed E-state index contributed by atoms with van der Waals surface area (Å²) < 4.78 is 1.27. The lowest BCUT2D eigenvalue weighted by atomic mass is 9.98. The first-order valence-corrected chi connectivity index (χ1v) is 11.2. The number of hydrogen-bond donors (Lipinski definition) is 1. The van der Waals surface area contributed by atoms with Crippen LogP contribution >= 0.6 is 11.3 Å². The molecule has 5 heteroatoms. The molecule has 0 saturated carbocycles. The van der Waals surface area contributed by atoms with E-state index in [1.165, 1.54) is 33.0 Å². The highest BCUT2D eigenvalue weighted by atomic mass is 32.1. The third-order valence-corrected chi connectivity index (χ3v) is 7.29. The van der Waals surface area contributed by atoms with Crippen molar-refractivity contribution in [1.82, 2.24) is 4.98 Å². The van der Waals surface area contributed by atoms with Crippen molar-refractivity contribution in [2.45, 2.75) is 31.6 Å². The van der Waals surface area contributed by atoms with Crippen LogP contribution in [0, 0.1) is 0 Å². The minimum Gasteiger partial charge on any atom is -0.327 e. The number of fused-ring (bicyclic) bond motifs is 2. The fourth-order valence-corrected chi connectivity index (χ4v) is 5.79. The van der Waals surface area contributed by atoms with Crippen LogP contribution in [0.5, 0.6) is 0 Å². The molecule has 1 saturated heterocycles. The predicted octanol–water partition coefficient (Wildman–Crippen LogP) is 3.04. The van der Waals surface area contributed by atoms with Crippen molar-refractivity contribution in [1.29, 1.82) is 0 Å². The number of thiazole rings is 1. The molecular weight excluding hydrogens is 366 g/mol. The zero-order valence-corrected chi connectivity index (χ0v) is 16.9. The first-order chi connectivity index (χ1) is 13.8. The number of hydrogen-bond acceptors (Lipinski definition) is 3. The smallest absolute Gasteiger partial charge is 0.282 e. The van der Waals surface area contributed by atoms with Crippen LogP contribution in [-0.4, -0.2) is 37.1 Å². The highest BCUT2D eigenvalue weighted by Crippen LogP contribution is 2.30. The summed E-state index contributed by atoms with van der Waals surface area (Å²) in [7, 11) is 0. The maximum Gasteiger partial charge on any atom is 0.282 e. The van der Waals surface area contributed by atoms with Crippen LogP contribution in [0.1, 0.15) is 35.8 Å². The number of anilines is 1. The van der Waals surface area contributed by atoms with E-state index in [1.54, 1.807) is 0 Å². The fourth-order valence-electron chi connectivity index (χ4n) is 4.69. The van der Waals surface area contributed by atoms with Gasteiger partial charge < -0.3 is 9.80 Å². The maximum atomic E-state index is 13.1. The van der Waals surface area contributed by atoms with Crippen molar-refractivity contribution >= 4 is 33.1 Å². The van der Waals surface area contributed by atoms with E-state index in [9.17, 15) is 4.79 Å². The van der Waals surface area contributed by atoms with E-state index in [1.807, 2.05) is 22.3 Å². The van der Waals surface area contributed by atoms with Crippen molar-refractivity contribution in [3.63, 3.8) is 0 Å². The topological polar surface area (TPSA) is 37.6 Å². The molecule has 1 aromatic heterocycles. The molecule has 3 heterocycles. The number of para-hydroxylation sites is 2. The first-order valence-electron chi connectivity index (χ1n) is 10.4. The van der Waals surface area contributed by atoms with Crippen molar-refractivity contribution in [2.24, 2.45) is 0 Å². The van der Waals surface area contributed by atoms with Gasteiger partial charge in [-0.1, -0.05) is 30.3 Å². The van der Waals surface area contributed by atoms with E-state index < -0.39 is 0 Å². The monoisotopic (exact) mass is 392 g/mol. The lowest BCUT2D eigenvalue weighted by Gasteiger charge is -2.33. The van der Waals surface area contributed by atoms with Gasteiger partial charge in [0.2, 0.25) is 0 Å². The molecule has 5 rings (SSSR count). The molecule has 0 spiro atoms. The summed E-state index contributed by atoms with van der Waals surface area (Å²) in [5.41, 5.74) is 3.54. The second kappa shape index (κ2) is 7.64. The predicted molar refractivity (Wildman–Crippen MR) is 114 cm³/mol. The Labute approximate surface area is 169 Å². The largest absolute Gasteiger partial charge is 0.327 e. The summed E-state index contributed by atoms with van der Waals surface area (Å²) >= 11 is 1.82. The number of carbonyl (C=O) groups excluding carboxylic acids is 1. The van der Waals surface area contributed by atoms with E-state index in [2.05, 4.69) is 42.5 Å². The van der Waals surface area contributed by atoms with Gasteiger partial charge in [0.1, 0.15) is 5.01 Å². The number of quaternary nitrogens is 1. The van der Waals surface area contributed by atoms with Gasteiger partial charge in [0.05, 0.1) is 29.2 Å². The lowest BCUT2D eigenvalue weighted by Crippen LogP contribution is -3.14. The van der Waals surface area contributed by atoms with Crippen molar-refractivity contribution in [3.8, 4) is 0 Å². The fraction of sp³-hybridized carbons (Fsp3) is 0.391. The van der Waals surface area contributed by atoms with Gasteiger partial charge in [-0.05, 0) is 49.4 Å².